The summed E-state index contributed by atoms with van der Waals surface area (Å²) in [5, 5.41) is 3.25. The maximum absolute atomic E-state index is 12.1. The number of nitrogens with zero attached hydrogens (tertiary/aromatic N) is 1. The highest BCUT2D eigenvalue weighted by Gasteiger charge is 2.11. The third kappa shape index (κ3) is 3.43. The van der Waals surface area contributed by atoms with E-state index in [2.05, 4.69) is 48.8 Å². The van der Waals surface area contributed by atoms with Crippen LogP contribution in [0.4, 0.5) is 5.82 Å². The van der Waals surface area contributed by atoms with Gasteiger partial charge in [0.05, 0.1) is 5.56 Å². The molecule has 18 heavy (non-hydrogen) atoms. The van der Waals surface area contributed by atoms with E-state index >= 15 is 0 Å². The number of carbonyl (C=O) groups is 1. The molecule has 3 nitrogen and oxygen atoms in total. The molecule has 0 radical (unpaired) electrons. The fraction of sp³-hybridized carbons (Fsp3) is 0. The van der Waals surface area contributed by atoms with E-state index in [0.717, 1.165) is 3.57 Å². The molecule has 0 aliphatic rings. The Morgan fingerprint density at radius 3 is 2.83 bits per heavy atom. The predicted octanol–water partition coefficient (Wildman–Crippen LogP) is 4.35. The molecular weight excluding hydrogens is 430 g/mol. The third-order valence-electron chi connectivity index (χ3n) is 2.13. The van der Waals surface area contributed by atoms with Crippen molar-refractivity contribution in [3.63, 3.8) is 0 Å². The minimum absolute atomic E-state index is 0.229. The molecule has 6 heteroatoms. The van der Waals surface area contributed by atoms with Gasteiger partial charge in [-0.05, 0) is 68.9 Å². The van der Waals surface area contributed by atoms with Gasteiger partial charge in [-0.3, -0.25) is 4.79 Å². The van der Waals surface area contributed by atoms with Crippen molar-refractivity contribution in [3.05, 3.63) is 55.2 Å². The van der Waals surface area contributed by atoms with Gasteiger partial charge >= 0.3 is 0 Å². The second-order valence-corrected chi connectivity index (χ2v) is 5.83. The van der Waals surface area contributed by atoms with E-state index in [9.17, 15) is 4.79 Å². The lowest BCUT2D eigenvalue weighted by Crippen LogP contribution is -2.14. The zero-order chi connectivity index (χ0) is 13.1. The first-order chi connectivity index (χ1) is 8.56. The van der Waals surface area contributed by atoms with E-state index in [1.165, 1.54) is 0 Å². The van der Waals surface area contributed by atoms with Crippen LogP contribution in [-0.2, 0) is 0 Å². The number of amides is 1. The fourth-order valence-electron chi connectivity index (χ4n) is 1.33. The lowest BCUT2D eigenvalue weighted by atomic mass is 10.2. The summed E-state index contributed by atoms with van der Waals surface area (Å²) in [5.41, 5.74) is 0.532. The highest BCUT2D eigenvalue weighted by Crippen LogP contribution is 2.19. The quantitative estimate of drug-likeness (QED) is 0.561. The van der Waals surface area contributed by atoms with Crippen molar-refractivity contribution in [2.24, 2.45) is 0 Å². The summed E-state index contributed by atoms with van der Waals surface area (Å²) in [5.74, 6) is 0.262. The first-order valence-electron chi connectivity index (χ1n) is 4.95. The predicted molar refractivity (Wildman–Crippen MR) is 84.1 cm³/mol. The van der Waals surface area contributed by atoms with Crippen molar-refractivity contribution in [3.8, 4) is 0 Å². The molecule has 92 valence electrons. The van der Waals surface area contributed by atoms with Gasteiger partial charge in [0, 0.05) is 8.59 Å². The van der Waals surface area contributed by atoms with Gasteiger partial charge in [0.2, 0.25) is 0 Å². The van der Waals surface area contributed by atoms with Gasteiger partial charge in [0.15, 0.2) is 0 Å². The lowest BCUT2D eigenvalue weighted by molar-refractivity contribution is 0.102. The Balaban J connectivity index is 2.24. The van der Waals surface area contributed by atoms with Crippen LogP contribution in [0.15, 0.2) is 41.0 Å². The van der Waals surface area contributed by atoms with E-state index < -0.39 is 0 Å². The van der Waals surface area contributed by atoms with Crippen LogP contribution in [0.5, 0.6) is 0 Å². The molecule has 0 saturated carbocycles. The molecule has 0 saturated heterocycles. The second kappa shape index (κ2) is 5.99. The standard InChI is InChI=1S/C12H7BrClIN2O/c13-10-2-1-3-11(16-10)17-12(18)8-6-7(14)4-5-9(8)15/h1-6H,(H,16,17,18). The van der Waals surface area contributed by atoms with Gasteiger partial charge in [-0.25, -0.2) is 4.98 Å². The number of hydrogen-bond donors (Lipinski definition) is 1. The van der Waals surface area contributed by atoms with Crippen molar-refractivity contribution in [2.75, 3.05) is 5.32 Å². The van der Waals surface area contributed by atoms with Crippen LogP contribution >= 0.6 is 50.1 Å². The topological polar surface area (TPSA) is 42.0 Å². The number of nitrogens with one attached hydrogen (secondary N) is 1. The summed E-state index contributed by atoms with van der Waals surface area (Å²) in [6, 6.07) is 10.5. The van der Waals surface area contributed by atoms with Crippen molar-refractivity contribution in [1.29, 1.82) is 0 Å². The Labute approximate surface area is 131 Å². The Hall–Kier alpha value is -0.660. The summed E-state index contributed by atoms with van der Waals surface area (Å²) < 4.78 is 1.51. The number of aromatic nitrogens is 1. The van der Waals surface area contributed by atoms with Gasteiger partial charge in [-0.2, -0.15) is 0 Å². The zero-order valence-electron chi connectivity index (χ0n) is 8.95. The van der Waals surface area contributed by atoms with Crippen molar-refractivity contribution >= 4 is 61.8 Å². The average molecular weight is 437 g/mol. The Kier molecular flexibility index (Phi) is 4.58. The SMILES string of the molecule is O=C(Nc1cccc(Br)n1)c1cc(Cl)ccc1I. The average Bonchev–Trinajstić information content (AvgIpc) is 2.32. The minimum Gasteiger partial charge on any atom is -0.306 e. The molecule has 1 heterocycles. The Morgan fingerprint density at radius 2 is 2.11 bits per heavy atom. The lowest BCUT2D eigenvalue weighted by Gasteiger charge is -2.06. The van der Waals surface area contributed by atoms with Crippen LogP contribution in [0, 0.1) is 3.57 Å². The molecular formula is C12H7BrClIN2O. The monoisotopic (exact) mass is 436 g/mol. The maximum atomic E-state index is 12.1. The molecule has 0 atom stereocenters. The van der Waals surface area contributed by atoms with E-state index in [0.29, 0.717) is 21.0 Å². The molecule has 0 aliphatic carbocycles. The number of carbonyl (C=O) groups excluding carboxylic acids is 1. The molecule has 1 aromatic heterocycles. The molecule has 1 aromatic carbocycles. The zero-order valence-corrected chi connectivity index (χ0v) is 13.5. The van der Waals surface area contributed by atoms with Crippen molar-refractivity contribution in [2.45, 2.75) is 0 Å². The summed E-state index contributed by atoms with van der Waals surface area (Å²) in [4.78, 5) is 16.2. The molecule has 0 bridgehead atoms. The smallest absolute Gasteiger partial charge is 0.257 e. The highest BCUT2D eigenvalue weighted by molar-refractivity contribution is 14.1. The summed E-state index contributed by atoms with van der Waals surface area (Å²) in [7, 11) is 0. The summed E-state index contributed by atoms with van der Waals surface area (Å²) in [6.45, 7) is 0. The summed E-state index contributed by atoms with van der Waals surface area (Å²) in [6.07, 6.45) is 0. The molecule has 1 N–H and O–H groups in total. The number of halogens is 3. The van der Waals surface area contributed by atoms with Crippen LogP contribution in [0.25, 0.3) is 0 Å². The van der Waals surface area contributed by atoms with Gasteiger partial charge in [-0.15, -0.1) is 0 Å². The van der Waals surface area contributed by atoms with Crippen LogP contribution in [0.1, 0.15) is 10.4 Å². The Morgan fingerprint density at radius 1 is 1.33 bits per heavy atom. The van der Waals surface area contributed by atoms with E-state index in [4.69, 9.17) is 11.6 Å². The maximum Gasteiger partial charge on any atom is 0.257 e. The molecule has 2 rings (SSSR count). The second-order valence-electron chi connectivity index (χ2n) is 3.42. The molecule has 1 amide bonds. The molecule has 0 aliphatic heterocycles. The first-order valence-corrected chi connectivity index (χ1v) is 7.20. The van der Waals surface area contributed by atoms with Crippen molar-refractivity contribution < 1.29 is 4.79 Å². The highest BCUT2D eigenvalue weighted by atomic mass is 127. The van der Waals surface area contributed by atoms with Crippen LogP contribution in [-0.4, -0.2) is 10.9 Å². The molecule has 0 unspecified atom stereocenters. The molecule has 0 spiro atoms. The number of benzene rings is 1. The van der Waals surface area contributed by atoms with Crippen LogP contribution in [0.2, 0.25) is 5.02 Å². The van der Waals surface area contributed by atoms with Crippen LogP contribution in [0.3, 0.4) is 0 Å². The van der Waals surface area contributed by atoms with Gasteiger partial charge < -0.3 is 5.32 Å². The number of rotatable bonds is 2. The van der Waals surface area contributed by atoms with Crippen LogP contribution < -0.4 is 5.32 Å². The fourth-order valence-corrected chi connectivity index (χ4v) is 2.43. The number of pyridine rings is 1. The van der Waals surface area contributed by atoms with E-state index in [1.807, 2.05) is 0 Å². The first kappa shape index (κ1) is 13.8. The van der Waals surface area contributed by atoms with E-state index in [1.54, 1.807) is 36.4 Å². The molecule has 0 fully saturated rings. The van der Waals surface area contributed by atoms with Gasteiger partial charge in [0.1, 0.15) is 10.4 Å². The normalized spacial score (nSPS) is 10.2. The third-order valence-corrected chi connectivity index (χ3v) is 3.75. The minimum atomic E-state index is -0.229. The Bertz CT molecular complexity index is 606. The number of anilines is 1. The number of hydrogen-bond acceptors (Lipinski definition) is 2. The van der Waals surface area contributed by atoms with Crippen molar-refractivity contribution in [1.82, 2.24) is 4.98 Å². The van der Waals surface area contributed by atoms with Gasteiger partial charge in [-0.1, -0.05) is 17.7 Å². The van der Waals surface area contributed by atoms with E-state index in [-0.39, 0.29) is 5.91 Å². The molecule has 2 aromatic rings. The van der Waals surface area contributed by atoms with Gasteiger partial charge in [0.25, 0.3) is 5.91 Å². The largest absolute Gasteiger partial charge is 0.306 e. The summed E-state index contributed by atoms with van der Waals surface area (Å²) >= 11 is 11.2.